The zero-order chi connectivity index (χ0) is 10.3. The van der Waals surface area contributed by atoms with E-state index in [-0.39, 0.29) is 5.69 Å². The lowest BCUT2D eigenvalue weighted by Crippen LogP contribution is -2.08. The van der Waals surface area contributed by atoms with Crippen LogP contribution >= 0.6 is 0 Å². The van der Waals surface area contributed by atoms with Crippen LogP contribution in [-0.2, 0) is 0 Å². The third kappa shape index (κ3) is 1.21. The number of aromatic nitrogens is 2. The summed E-state index contributed by atoms with van der Waals surface area (Å²) in [5.41, 5.74) is 0.548. The number of benzene rings is 2. The van der Waals surface area contributed by atoms with Crippen molar-refractivity contribution in [2.45, 2.75) is 0 Å². The van der Waals surface area contributed by atoms with Gasteiger partial charge in [0, 0.05) is 17.0 Å². The summed E-state index contributed by atoms with van der Waals surface area (Å²) in [5, 5.41) is 3.12. The van der Waals surface area contributed by atoms with Crippen molar-refractivity contribution in [2.75, 3.05) is 0 Å². The Hall–Kier alpha value is -2.16. The van der Waals surface area contributed by atoms with Crippen molar-refractivity contribution in [2.24, 2.45) is 0 Å². The Morgan fingerprint density at radius 2 is 1.80 bits per heavy atom. The first kappa shape index (κ1) is 8.17. The van der Waals surface area contributed by atoms with E-state index in [9.17, 15) is 4.79 Å². The molecule has 3 rings (SSSR count). The Bertz CT molecular complexity index is 700. The molecule has 0 aliphatic heterocycles. The van der Waals surface area contributed by atoms with Gasteiger partial charge in [0.1, 0.15) is 0 Å². The number of hydrogen-bond donors (Lipinski definition) is 1. The third-order valence-electron chi connectivity index (χ3n) is 2.51. The van der Waals surface area contributed by atoms with Crippen molar-refractivity contribution < 1.29 is 0 Å². The van der Waals surface area contributed by atoms with Gasteiger partial charge in [-0.3, -0.25) is 0 Å². The summed E-state index contributed by atoms with van der Waals surface area (Å²) in [5.74, 6) is 0. The summed E-state index contributed by atoms with van der Waals surface area (Å²) >= 11 is 0. The number of H-pyrrole nitrogens is 1. The predicted molar refractivity (Wildman–Crippen MR) is 59.9 cm³/mol. The van der Waals surface area contributed by atoms with Gasteiger partial charge in [-0.15, -0.1) is 0 Å². The summed E-state index contributed by atoms with van der Waals surface area (Å²) < 4.78 is 0. The molecule has 72 valence electrons. The Morgan fingerprint density at radius 3 is 2.73 bits per heavy atom. The number of nitrogens with zero attached hydrogens (tertiary/aromatic N) is 1. The summed E-state index contributed by atoms with van der Waals surface area (Å²) in [7, 11) is 0. The second-order valence-electron chi connectivity index (χ2n) is 3.44. The van der Waals surface area contributed by atoms with Crippen molar-refractivity contribution >= 4 is 21.7 Å². The van der Waals surface area contributed by atoms with E-state index in [1.165, 1.54) is 0 Å². The summed E-state index contributed by atoms with van der Waals surface area (Å²) in [6.45, 7) is 0. The van der Waals surface area contributed by atoms with Crippen molar-refractivity contribution in [3.05, 3.63) is 53.1 Å². The fourth-order valence-corrected chi connectivity index (χ4v) is 1.80. The molecule has 0 atom stereocenters. The minimum absolute atomic E-state index is 0.307. The highest BCUT2D eigenvalue weighted by molar-refractivity contribution is 6.04. The maximum absolute atomic E-state index is 11.2. The van der Waals surface area contributed by atoms with Crippen LogP contribution in [0.4, 0.5) is 0 Å². The maximum atomic E-state index is 11.2. The van der Waals surface area contributed by atoms with Gasteiger partial charge in [-0.1, -0.05) is 36.4 Å². The molecule has 1 aromatic heterocycles. The van der Waals surface area contributed by atoms with E-state index in [1.807, 2.05) is 36.4 Å². The molecule has 0 amide bonds. The van der Waals surface area contributed by atoms with E-state index in [4.69, 9.17) is 0 Å². The normalized spacial score (nSPS) is 10.9. The fraction of sp³-hybridized carbons (Fsp3) is 0. The van der Waals surface area contributed by atoms with Gasteiger partial charge < -0.3 is 4.98 Å². The molecule has 0 saturated carbocycles. The SMILES string of the molecule is O=c1ncc2ccc3ccccc3c2[nH]1. The van der Waals surface area contributed by atoms with Crippen molar-refractivity contribution in [1.29, 1.82) is 0 Å². The fourth-order valence-electron chi connectivity index (χ4n) is 1.80. The molecule has 0 bridgehead atoms. The second kappa shape index (κ2) is 2.92. The second-order valence-corrected chi connectivity index (χ2v) is 3.44. The molecule has 3 heteroatoms. The zero-order valence-electron chi connectivity index (χ0n) is 7.90. The average Bonchev–Trinajstić information content (AvgIpc) is 2.29. The topological polar surface area (TPSA) is 45.8 Å². The molecule has 3 aromatic rings. The zero-order valence-corrected chi connectivity index (χ0v) is 7.90. The first-order valence-corrected chi connectivity index (χ1v) is 4.71. The van der Waals surface area contributed by atoms with Crippen LogP contribution < -0.4 is 5.69 Å². The molecular formula is C12H8N2O. The highest BCUT2D eigenvalue weighted by Gasteiger charge is 2.00. The van der Waals surface area contributed by atoms with E-state index in [0.717, 1.165) is 21.7 Å². The van der Waals surface area contributed by atoms with Crippen LogP contribution in [0.25, 0.3) is 21.7 Å². The molecule has 1 N–H and O–H groups in total. The molecule has 0 unspecified atom stereocenters. The molecule has 3 nitrogen and oxygen atoms in total. The van der Waals surface area contributed by atoms with Crippen LogP contribution in [0.3, 0.4) is 0 Å². The minimum Gasteiger partial charge on any atom is -0.305 e. The number of rotatable bonds is 0. The third-order valence-corrected chi connectivity index (χ3v) is 2.51. The van der Waals surface area contributed by atoms with Crippen LogP contribution in [-0.4, -0.2) is 9.97 Å². The van der Waals surface area contributed by atoms with Gasteiger partial charge in [-0.2, -0.15) is 0 Å². The first-order valence-electron chi connectivity index (χ1n) is 4.71. The van der Waals surface area contributed by atoms with Crippen molar-refractivity contribution in [3.63, 3.8) is 0 Å². The molecule has 0 radical (unpaired) electrons. The number of hydrogen-bond acceptors (Lipinski definition) is 2. The lowest BCUT2D eigenvalue weighted by molar-refractivity contribution is 1.12. The summed E-state index contributed by atoms with van der Waals surface area (Å²) in [6, 6.07) is 11.9. The standard InChI is InChI=1S/C12H8N2O/c15-12-13-7-9-6-5-8-3-1-2-4-10(8)11(9)14-12/h1-7H,(H,13,14,15). The molecule has 0 saturated heterocycles. The highest BCUT2D eigenvalue weighted by atomic mass is 16.1. The molecule has 0 aliphatic rings. The average molecular weight is 196 g/mol. The largest absolute Gasteiger partial charge is 0.345 e. The Kier molecular flexibility index (Phi) is 1.59. The quantitative estimate of drug-likeness (QED) is 0.559. The molecule has 2 aromatic carbocycles. The lowest BCUT2D eigenvalue weighted by Gasteiger charge is -2.01. The van der Waals surface area contributed by atoms with Gasteiger partial charge in [0.15, 0.2) is 0 Å². The first-order chi connectivity index (χ1) is 7.34. The van der Waals surface area contributed by atoms with Crippen LogP contribution in [0.15, 0.2) is 47.4 Å². The molecule has 0 spiro atoms. The van der Waals surface area contributed by atoms with E-state index >= 15 is 0 Å². The van der Waals surface area contributed by atoms with E-state index in [1.54, 1.807) is 6.20 Å². The predicted octanol–water partition coefficient (Wildman–Crippen LogP) is 2.08. The summed E-state index contributed by atoms with van der Waals surface area (Å²) in [4.78, 5) is 17.6. The minimum atomic E-state index is -0.307. The monoisotopic (exact) mass is 196 g/mol. The summed E-state index contributed by atoms with van der Waals surface area (Å²) in [6.07, 6.45) is 1.60. The van der Waals surface area contributed by atoms with Gasteiger partial charge >= 0.3 is 5.69 Å². The van der Waals surface area contributed by atoms with E-state index in [0.29, 0.717) is 0 Å². The van der Waals surface area contributed by atoms with Gasteiger partial charge in [-0.25, -0.2) is 9.78 Å². The van der Waals surface area contributed by atoms with Crippen LogP contribution in [0.2, 0.25) is 0 Å². The Morgan fingerprint density at radius 1 is 1.00 bits per heavy atom. The van der Waals surface area contributed by atoms with Crippen molar-refractivity contribution in [3.8, 4) is 0 Å². The Labute approximate surface area is 85.4 Å². The molecule has 1 heterocycles. The van der Waals surface area contributed by atoms with Crippen LogP contribution in [0, 0.1) is 0 Å². The van der Waals surface area contributed by atoms with Gasteiger partial charge in [0.05, 0.1) is 5.52 Å². The Balaban J connectivity index is 2.63. The molecular weight excluding hydrogens is 188 g/mol. The number of nitrogens with one attached hydrogen (secondary N) is 1. The number of aromatic amines is 1. The van der Waals surface area contributed by atoms with Crippen LogP contribution in [0.1, 0.15) is 0 Å². The van der Waals surface area contributed by atoms with E-state index in [2.05, 4.69) is 9.97 Å². The molecule has 0 fully saturated rings. The van der Waals surface area contributed by atoms with Gasteiger partial charge in [0.25, 0.3) is 0 Å². The molecule has 0 aliphatic carbocycles. The number of fused-ring (bicyclic) bond motifs is 3. The molecule has 15 heavy (non-hydrogen) atoms. The maximum Gasteiger partial charge on any atom is 0.345 e. The van der Waals surface area contributed by atoms with Crippen LogP contribution in [0.5, 0.6) is 0 Å². The van der Waals surface area contributed by atoms with Gasteiger partial charge in [0.2, 0.25) is 0 Å². The lowest BCUT2D eigenvalue weighted by atomic mass is 10.1. The highest BCUT2D eigenvalue weighted by Crippen LogP contribution is 2.21. The smallest absolute Gasteiger partial charge is 0.305 e. The van der Waals surface area contributed by atoms with E-state index < -0.39 is 0 Å². The van der Waals surface area contributed by atoms with Crippen molar-refractivity contribution in [1.82, 2.24) is 9.97 Å². The van der Waals surface area contributed by atoms with Gasteiger partial charge in [-0.05, 0) is 5.39 Å².